The Hall–Kier alpha value is -1.66. The number of anilines is 2. The largest absolute Gasteiger partial charge is 0.383 e. The molecule has 0 bridgehead atoms. The fourth-order valence-electron chi connectivity index (χ4n) is 1.41. The number of halogens is 3. The molecule has 0 radical (unpaired) electrons. The van der Waals surface area contributed by atoms with Gasteiger partial charge in [0.1, 0.15) is 11.6 Å². The molecule has 7 heteroatoms. The lowest BCUT2D eigenvalue weighted by atomic mass is 10.2. The summed E-state index contributed by atoms with van der Waals surface area (Å²) in [5.74, 6) is -0.856. The Labute approximate surface area is 121 Å². The summed E-state index contributed by atoms with van der Waals surface area (Å²) in [5, 5.41) is 2.65. The third-order valence-corrected chi connectivity index (χ3v) is 3.06. The molecular weight excluding hydrogens is 337 g/mol. The van der Waals surface area contributed by atoms with Crippen LogP contribution < -0.4 is 11.1 Å². The minimum Gasteiger partial charge on any atom is -0.383 e. The summed E-state index contributed by atoms with van der Waals surface area (Å²) in [5.41, 5.74) is 6.12. The van der Waals surface area contributed by atoms with E-state index < -0.39 is 11.7 Å². The number of nitrogens with one attached hydrogen (secondary N) is 1. The Morgan fingerprint density at radius 2 is 2.16 bits per heavy atom. The van der Waals surface area contributed by atoms with Crippen LogP contribution in [0, 0.1) is 5.82 Å². The van der Waals surface area contributed by atoms with Gasteiger partial charge in [-0.3, -0.25) is 4.79 Å². The van der Waals surface area contributed by atoms with Crippen LogP contribution in [0.25, 0.3) is 0 Å². The van der Waals surface area contributed by atoms with Crippen LogP contribution in [0.3, 0.4) is 0 Å². The Kier molecular flexibility index (Phi) is 4.01. The first-order valence-electron chi connectivity index (χ1n) is 5.15. The number of nitrogens with zero attached hydrogens (tertiary/aromatic N) is 1. The summed E-state index contributed by atoms with van der Waals surface area (Å²) in [6.45, 7) is 0. The molecule has 19 heavy (non-hydrogen) atoms. The summed E-state index contributed by atoms with van der Waals surface area (Å²) in [7, 11) is 0. The van der Waals surface area contributed by atoms with Gasteiger partial charge in [-0.05, 0) is 40.2 Å². The van der Waals surface area contributed by atoms with Crippen molar-refractivity contribution in [3.8, 4) is 0 Å². The topological polar surface area (TPSA) is 68.0 Å². The third-order valence-electron chi connectivity index (χ3n) is 2.31. The van der Waals surface area contributed by atoms with Crippen LogP contribution in [0.2, 0.25) is 5.02 Å². The van der Waals surface area contributed by atoms with Crippen molar-refractivity contribution in [2.24, 2.45) is 0 Å². The number of carbonyl (C=O) groups is 1. The number of amides is 1. The van der Waals surface area contributed by atoms with Gasteiger partial charge in [0.05, 0.1) is 16.3 Å². The summed E-state index contributed by atoms with van der Waals surface area (Å²) < 4.78 is 13.5. The molecule has 0 saturated carbocycles. The quantitative estimate of drug-likeness (QED) is 0.876. The number of nitrogen functional groups attached to an aromatic ring is 1. The van der Waals surface area contributed by atoms with E-state index in [1.54, 1.807) is 0 Å². The molecule has 0 spiro atoms. The molecule has 0 aliphatic carbocycles. The van der Waals surface area contributed by atoms with Gasteiger partial charge in [0.25, 0.3) is 5.91 Å². The fraction of sp³-hybridized carbons (Fsp3) is 0. The van der Waals surface area contributed by atoms with Gasteiger partial charge in [-0.25, -0.2) is 9.37 Å². The number of carbonyl (C=O) groups excluding carboxylic acids is 1. The number of hydrogen-bond acceptors (Lipinski definition) is 3. The molecule has 0 atom stereocenters. The first-order valence-corrected chi connectivity index (χ1v) is 6.32. The van der Waals surface area contributed by atoms with Gasteiger partial charge in [-0.15, -0.1) is 0 Å². The maximum absolute atomic E-state index is 12.9. The molecule has 0 aliphatic heterocycles. The predicted octanol–water partition coefficient (Wildman–Crippen LogP) is 3.47. The summed E-state index contributed by atoms with van der Waals surface area (Å²) >= 11 is 9.02. The second-order valence-corrected chi connectivity index (χ2v) is 4.99. The molecule has 2 aromatic rings. The Morgan fingerprint density at radius 1 is 1.42 bits per heavy atom. The van der Waals surface area contributed by atoms with Gasteiger partial charge in [-0.2, -0.15) is 0 Å². The number of rotatable bonds is 2. The van der Waals surface area contributed by atoms with Crippen LogP contribution in [-0.2, 0) is 0 Å². The fourth-order valence-corrected chi connectivity index (χ4v) is 1.96. The zero-order valence-corrected chi connectivity index (χ0v) is 11.8. The highest BCUT2D eigenvalue weighted by Gasteiger charge is 2.13. The summed E-state index contributed by atoms with van der Waals surface area (Å²) in [6, 6.07) is 5.22. The van der Waals surface area contributed by atoms with Crippen molar-refractivity contribution < 1.29 is 9.18 Å². The molecule has 2 rings (SSSR count). The van der Waals surface area contributed by atoms with E-state index >= 15 is 0 Å². The number of hydrogen-bond donors (Lipinski definition) is 2. The zero-order chi connectivity index (χ0) is 14.0. The first kappa shape index (κ1) is 13.8. The van der Waals surface area contributed by atoms with Crippen molar-refractivity contribution in [1.29, 1.82) is 0 Å². The molecule has 1 heterocycles. The standard InChI is InChI=1S/C12H8BrClFN3O/c13-6-3-8(11(16)17-5-6)12(19)18-10-2-1-7(15)4-9(10)14/h1-5H,(H2,16,17)(H,18,19). The molecule has 98 valence electrons. The smallest absolute Gasteiger partial charge is 0.259 e. The number of nitrogens with two attached hydrogens (primary N) is 1. The Balaban J connectivity index is 2.28. The second-order valence-electron chi connectivity index (χ2n) is 3.66. The number of benzene rings is 1. The highest BCUT2D eigenvalue weighted by molar-refractivity contribution is 9.10. The van der Waals surface area contributed by atoms with E-state index in [0.717, 1.165) is 6.07 Å². The normalized spacial score (nSPS) is 10.3. The average molecular weight is 345 g/mol. The van der Waals surface area contributed by atoms with Crippen molar-refractivity contribution in [2.75, 3.05) is 11.1 Å². The maximum atomic E-state index is 12.9. The van der Waals surface area contributed by atoms with Crippen molar-refractivity contribution in [1.82, 2.24) is 4.98 Å². The SMILES string of the molecule is Nc1ncc(Br)cc1C(=O)Nc1ccc(F)cc1Cl. The number of pyridine rings is 1. The van der Waals surface area contributed by atoms with Gasteiger partial charge in [0.15, 0.2) is 0 Å². The first-order chi connectivity index (χ1) is 8.97. The Morgan fingerprint density at radius 3 is 2.84 bits per heavy atom. The molecule has 3 N–H and O–H groups in total. The highest BCUT2D eigenvalue weighted by Crippen LogP contribution is 2.24. The van der Waals surface area contributed by atoms with E-state index in [4.69, 9.17) is 17.3 Å². The van der Waals surface area contributed by atoms with Crippen LogP contribution in [0.4, 0.5) is 15.9 Å². The van der Waals surface area contributed by atoms with Crippen molar-refractivity contribution >= 4 is 44.9 Å². The highest BCUT2D eigenvalue weighted by atomic mass is 79.9. The van der Waals surface area contributed by atoms with E-state index in [-0.39, 0.29) is 16.4 Å². The van der Waals surface area contributed by atoms with Crippen LogP contribution in [-0.4, -0.2) is 10.9 Å². The molecule has 4 nitrogen and oxygen atoms in total. The molecule has 1 aromatic heterocycles. The summed E-state index contributed by atoms with van der Waals surface area (Å²) in [4.78, 5) is 15.9. The molecule has 0 saturated heterocycles. The van der Waals surface area contributed by atoms with E-state index in [0.29, 0.717) is 10.2 Å². The van der Waals surface area contributed by atoms with Crippen molar-refractivity contribution in [3.05, 3.63) is 51.3 Å². The lowest BCUT2D eigenvalue weighted by molar-refractivity contribution is 0.102. The molecule has 1 amide bonds. The second kappa shape index (κ2) is 5.54. The van der Waals surface area contributed by atoms with E-state index in [1.807, 2.05) is 0 Å². The molecule has 0 unspecified atom stereocenters. The predicted molar refractivity (Wildman–Crippen MR) is 75.7 cm³/mol. The molecule has 1 aromatic carbocycles. The molecule has 0 aliphatic rings. The monoisotopic (exact) mass is 343 g/mol. The van der Waals surface area contributed by atoms with Gasteiger partial charge < -0.3 is 11.1 Å². The molecule has 0 fully saturated rings. The van der Waals surface area contributed by atoms with Crippen LogP contribution in [0.15, 0.2) is 34.9 Å². The average Bonchev–Trinajstić information content (AvgIpc) is 2.35. The third kappa shape index (κ3) is 3.21. The Bertz CT molecular complexity index is 651. The lowest BCUT2D eigenvalue weighted by Gasteiger charge is -2.08. The molecular formula is C12H8BrClFN3O. The van der Waals surface area contributed by atoms with Gasteiger partial charge in [0.2, 0.25) is 0 Å². The van der Waals surface area contributed by atoms with Crippen LogP contribution in [0.5, 0.6) is 0 Å². The minimum absolute atomic E-state index is 0.0962. The van der Waals surface area contributed by atoms with Gasteiger partial charge >= 0.3 is 0 Å². The lowest BCUT2D eigenvalue weighted by Crippen LogP contribution is -2.15. The van der Waals surface area contributed by atoms with E-state index in [1.165, 1.54) is 24.4 Å². The van der Waals surface area contributed by atoms with Crippen molar-refractivity contribution in [2.45, 2.75) is 0 Å². The van der Waals surface area contributed by atoms with Crippen LogP contribution >= 0.6 is 27.5 Å². The number of aromatic nitrogens is 1. The maximum Gasteiger partial charge on any atom is 0.259 e. The van der Waals surface area contributed by atoms with E-state index in [9.17, 15) is 9.18 Å². The minimum atomic E-state index is -0.480. The zero-order valence-electron chi connectivity index (χ0n) is 9.45. The van der Waals surface area contributed by atoms with Crippen molar-refractivity contribution in [3.63, 3.8) is 0 Å². The summed E-state index contributed by atoms with van der Waals surface area (Å²) in [6.07, 6.45) is 1.48. The van der Waals surface area contributed by atoms with Gasteiger partial charge in [0, 0.05) is 10.7 Å². The van der Waals surface area contributed by atoms with Gasteiger partial charge in [-0.1, -0.05) is 11.6 Å². The van der Waals surface area contributed by atoms with E-state index in [2.05, 4.69) is 26.2 Å². The van der Waals surface area contributed by atoms with Crippen LogP contribution in [0.1, 0.15) is 10.4 Å².